The molecular formula is C12H14N8. The third-order valence-corrected chi connectivity index (χ3v) is 2.09. The van der Waals surface area contributed by atoms with Gasteiger partial charge in [0.15, 0.2) is 5.82 Å². The molecule has 20 heavy (non-hydrogen) atoms. The molecule has 102 valence electrons. The van der Waals surface area contributed by atoms with Crippen molar-refractivity contribution < 1.29 is 0 Å². The monoisotopic (exact) mass is 270 g/mol. The van der Waals surface area contributed by atoms with Crippen LogP contribution in [0.25, 0.3) is 0 Å². The normalized spacial score (nSPS) is 11.3. The van der Waals surface area contributed by atoms with Gasteiger partial charge in [-0.3, -0.25) is 5.43 Å². The van der Waals surface area contributed by atoms with E-state index in [-0.39, 0.29) is 0 Å². The second-order valence-corrected chi connectivity index (χ2v) is 3.65. The minimum absolute atomic E-state index is 0.521. The lowest BCUT2D eigenvalue weighted by atomic mass is 10.5. The van der Waals surface area contributed by atoms with E-state index >= 15 is 0 Å². The molecule has 0 unspecified atom stereocenters. The zero-order valence-corrected chi connectivity index (χ0v) is 10.9. The highest BCUT2D eigenvalue weighted by Crippen LogP contribution is 2.03. The third kappa shape index (κ3) is 4.69. The summed E-state index contributed by atoms with van der Waals surface area (Å²) in [5, 5.41) is 11.6. The average molecular weight is 270 g/mol. The number of hydrazine groups is 1. The van der Waals surface area contributed by atoms with Gasteiger partial charge < -0.3 is 0 Å². The Kier molecular flexibility index (Phi) is 4.97. The van der Waals surface area contributed by atoms with Crippen LogP contribution in [0.4, 0.5) is 11.6 Å². The fourth-order valence-corrected chi connectivity index (χ4v) is 1.19. The number of anilines is 1. The topological polar surface area (TPSA) is 99.0 Å². The summed E-state index contributed by atoms with van der Waals surface area (Å²) >= 11 is 0. The van der Waals surface area contributed by atoms with E-state index in [1.54, 1.807) is 25.4 Å². The van der Waals surface area contributed by atoms with Gasteiger partial charge in [-0.05, 0) is 31.2 Å². The highest BCUT2D eigenvalue weighted by molar-refractivity contribution is 5.78. The van der Waals surface area contributed by atoms with Crippen molar-refractivity contribution in [1.29, 1.82) is 0 Å². The highest BCUT2D eigenvalue weighted by atomic mass is 15.6. The molecule has 0 atom stereocenters. The van der Waals surface area contributed by atoms with Gasteiger partial charge in [0.2, 0.25) is 0 Å². The van der Waals surface area contributed by atoms with Gasteiger partial charge in [0, 0.05) is 12.4 Å². The maximum absolute atomic E-state index is 4.06. The summed E-state index contributed by atoms with van der Waals surface area (Å²) in [6.07, 6.45) is 3.33. The standard InChI is InChI=1S/C12H14N8/c1-10(15-19-17-11-6-2-4-8-13-11)16-20-18-12-7-3-5-9-14-12/h2-9,19H,1H3,(H,13,17)(H,14,15,16,18). The summed E-state index contributed by atoms with van der Waals surface area (Å²) in [6.45, 7) is 1.74. The molecule has 0 saturated heterocycles. The van der Waals surface area contributed by atoms with Crippen LogP contribution in [0.1, 0.15) is 6.92 Å². The molecule has 0 aliphatic carbocycles. The number of amidine groups is 1. The zero-order valence-electron chi connectivity index (χ0n) is 10.9. The maximum Gasteiger partial charge on any atom is 0.176 e. The molecule has 0 saturated carbocycles. The molecule has 0 aromatic carbocycles. The Labute approximate surface area is 116 Å². The molecule has 8 heteroatoms. The van der Waals surface area contributed by atoms with Crippen molar-refractivity contribution in [3.8, 4) is 0 Å². The number of hydrogen-bond acceptors (Lipinski definition) is 7. The lowest BCUT2D eigenvalue weighted by Gasteiger charge is -2.04. The van der Waals surface area contributed by atoms with Crippen molar-refractivity contribution in [2.75, 3.05) is 5.43 Å². The number of rotatable bonds is 5. The van der Waals surface area contributed by atoms with Crippen LogP contribution in [-0.2, 0) is 0 Å². The lowest BCUT2D eigenvalue weighted by molar-refractivity contribution is 0.825. The molecule has 0 radical (unpaired) electrons. The Morgan fingerprint density at radius 3 is 2.55 bits per heavy atom. The van der Waals surface area contributed by atoms with Crippen LogP contribution in [0.3, 0.4) is 0 Å². The Bertz CT molecular complexity index is 567. The van der Waals surface area contributed by atoms with E-state index in [2.05, 4.69) is 41.8 Å². The molecule has 0 amide bonds. The summed E-state index contributed by atoms with van der Waals surface area (Å²) in [4.78, 5) is 8.06. The molecule has 0 bridgehead atoms. The highest BCUT2D eigenvalue weighted by Gasteiger charge is 1.90. The van der Waals surface area contributed by atoms with Gasteiger partial charge in [-0.2, -0.15) is 0 Å². The van der Waals surface area contributed by atoms with Crippen LogP contribution in [0.15, 0.2) is 64.2 Å². The molecule has 0 aliphatic rings. The Balaban J connectivity index is 1.76. The molecule has 0 fully saturated rings. The van der Waals surface area contributed by atoms with Crippen LogP contribution >= 0.6 is 0 Å². The number of pyridine rings is 2. The van der Waals surface area contributed by atoms with Gasteiger partial charge in [-0.25, -0.2) is 20.9 Å². The van der Waals surface area contributed by atoms with E-state index in [9.17, 15) is 0 Å². The summed E-state index contributed by atoms with van der Waals surface area (Å²) in [5.74, 6) is 1.72. The molecule has 0 spiro atoms. The first-order chi connectivity index (χ1) is 9.84. The minimum Gasteiger partial charge on any atom is -0.268 e. The van der Waals surface area contributed by atoms with Crippen molar-refractivity contribution in [2.45, 2.75) is 6.92 Å². The molecule has 0 aliphatic heterocycles. The van der Waals surface area contributed by atoms with Crippen LogP contribution in [0.5, 0.6) is 0 Å². The minimum atomic E-state index is 0.521. The van der Waals surface area contributed by atoms with Gasteiger partial charge in [-0.1, -0.05) is 17.4 Å². The van der Waals surface area contributed by atoms with Gasteiger partial charge in [-0.15, -0.1) is 10.2 Å². The predicted molar refractivity (Wildman–Crippen MR) is 76.0 cm³/mol. The van der Waals surface area contributed by atoms with Crippen molar-refractivity contribution in [3.63, 3.8) is 0 Å². The van der Waals surface area contributed by atoms with Crippen molar-refractivity contribution in [2.24, 2.45) is 15.4 Å². The fraction of sp³-hybridized carbons (Fsp3) is 0.0833. The largest absolute Gasteiger partial charge is 0.268 e. The van der Waals surface area contributed by atoms with Crippen LogP contribution in [-0.4, -0.2) is 15.8 Å². The first-order valence-electron chi connectivity index (χ1n) is 5.89. The number of nitrogens with one attached hydrogen (secondary N) is 3. The fourth-order valence-electron chi connectivity index (χ4n) is 1.19. The van der Waals surface area contributed by atoms with Gasteiger partial charge >= 0.3 is 0 Å². The van der Waals surface area contributed by atoms with E-state index in [4.69, 9.17) is 0 Å². The molecular weight excluding hydrogens is 256 g/mol. The third-order valence-electron chi connectivity index (χ3n) is 2.09. The molecule has 2 rings (SSSR count). The molecule has 8 nitrogen and oxygen atoms in total. The first-order valence-corrected chi connectivity index (χ1v) is 5.89. The second-order valence-electron chi connectivity index (χ2n) is 3.65. The van der Waals surface area contributed by atoms with Gasteiger partial charge in [0.25, 0.3) is 0 Å². The summed E-state index contributed by atoms with van der Waals surface area (Å²) in [5.41, 5.74) is 8.12. The first kappa shape index (κ1) is 13.4. The quantitative estimate of drug-likeness (QED) is 0.334. The van der Waals surface area contributed by atoms with E-state index in [0.717, 1.165) is 0 Å². The number of hydrazone groups is 1. The average Bonchev–Trinajstić information content (AvgIpc) is 2.49. The van der Waals surface area contributed by atoms with E-state index in [0.29, 0.717) is 17.5 Å². The summed E-state index contributed by atoms with van der Waals surface area (Å²) in [6, 6.07) is 10.9. The van der Waals surface area contributed by atoms with Crippen molar-refractivity contribution in [1.82, 2.24) is 20.9 Å². The van der Waals surface area contributed by atoms with Crippen LogP contribution < -0.4 is 16.4 Å². The summed E-state index contributed by atoms with van der Waals surface area (Å²) in [7, 11) is 0. The van der Waals surface area contributed by atoms with Crippen molar-refractivity contribution >= 4 is 17.5 Å². The second kappa shape index (κ2) is 7.41. The van der Waals surface area contributed by atoms with Crippen molar-refractivity contribution in [3.05, 3.63) is 48.8 Å². The van der Waals surface area contributed by atoms with Crippen LogP contribution in [0, 0.1) is 0 Å². The van der Waals surface area contributed by atoms with E-state index < -0.39 is 0 Å². The molecule has 2 aromatic heterocycles. The van der Waals surface area contributed by atoms with Gasteiger partial charge in [0.05, 0.1) is 0 Å². The van der Waals surface area contributed by atoms with E-state index in [1.807, 2.05) is 30.3 Å². The smallest absolute Gasteiger partial charge is 0.176 e. The predicted octanol–water partition coefficient (Wildman–Crippen LogP) is 2.01. The Morgan fingerprint density at radius 1 is 1.05 bits per heavy atom. The Hall–Kier alpha value is -3.03. The molecule has 3 N–H and O–H groups in total. The maximum atomic E-state index is 4.06. The summed E-state index contributed by atoms with van der Waals surface area (Å²) < 4.78 is 0. The molecule has 2 heterocycles. The Morgan fingerprint density at radius 2 is 1.85 bits per heavy atom. The number of aromatic nitrogens is 2. The van der Waals surface area contributed by atoms with Gasteiger partial charge in [0.1, 0.15) is 11.7 Å². The number of hydrogen-bond donors (Lipinski definition) is 3. The van der Waals surface area contributed by atoms with E-state index in [1.165, 1.54) is 0 Å². The van der Waals surface area contributed by atoms with Crippen LogP contribution in [0.2, 0.25) is 0 Å². The lowest BCUT2D eigenvalue weighted by Crippen LogP contribution is -2.22. The zero-order chi connectivity index (χ0) is 14.0. The number of nitrogens with zero attached hydrogens (tertiary/aromatic N) is 5. The molecule has 2 aromatic rings. The SMILES string of the molecule is CC(=NNNc1ccccn1)NN=Nc1ccccn1.